The van der Waals surface area contributed by atoms with Crippen LogP contribution in [0, 0.1) is 18.2 Å². The molecule has 4 rings (SSSR count). The van der Waals surface area contributed by atoms with Crippen LogP contribution in [-0.2, 0) is 43.7 Å². The molecule has 14 heteroatoms. The molecular weight excluding hydrogens is 616 g/mol. The molecule has 1 aliphatic heterocycles. The Morgan fingerprint density at radius 3 is 2.56 bits per heavy atom. The number of aromatic nitrogens is 1. The van der Waals surface area contributed by atoms with Crippen molar-refractivity contribution in [2.24, 2.45) is 0 Å². The maximum Gasteiger partial charge on any atom is 0.433 e. The largest absolute Gasteiger partial charge is 0.459 e. The van der Waals surface area contributed by atoms with Crippen LogP contribution in [-0.4, -0.2) is 44.1 Å². The van der Waals surface area contributed by atoms with Gasteiger partial charge in [0, 0.05) is 24.7 Å². The first-order valence-electron chi connectivity index (χ1n) is 13.5. The van der Waals surface area contributed by atoms with Crippen LogP contribution in [0.4, 0.5) is 29.1 Å². The summed E-state index contributed by atoms with van der Waals surface area (Å²) < 4.78 is 85.8. The van der Waals surface area contributed by atoms with E-state index in [9.17, 15) is 35.6 Å². The molecule has 3 aromatic rings. The standard InChI is InChI=1S/C31H28F4N4O5S/c1-3-22-16-21(17-24(32)28(22)38-45(2,42)43)18-36-27(40)14-12-23-11-13-26(31(33,34)35)37-29(23)39-15-7-10-25(39)30(41)44-19-20-8-5-4-6-9-20/h1,4-6,8-9,11-14,16-17,25,38H,7,10,15,18-19H2,2H3,(H,36,40)/b14-12+/t25-/m0/s1. The predicted octanol–water partition coefficient (Wildman–Crippen LogP) is 4.63. The van der Waals surface area contributed by atoms with Crippen molar-refractivity contribution in [1.82, 2.24) is 10.3 Å². The van der Waals surface area contributed by atoms with Crippen molar-refractivity contribution in [3.05, 3.63) is 94.4 Å². The van der Waals surface area contributed by atoms with Gasteiger partial charge in [-0.1, -0.05) is 36.3 Å². The Labute approximate surface area is 257 Å². The lowest BCUT2D eigenvalue weighted by Crippen LogP contribution is -2.38. The minimum absolute atomic E-state index is 0.00333. The molecule has 2 aromatic carbocycles. The molecule has 0 saturated carbocycles. The van der Waals surface area contributed by atoms with Crippen LogP contribution in [0.25, 0.3) is 6.08 Å². The fraction of sp³-hybridized carbons (Fsp3) is 0.258. The van der Waals surface area contributed by atoms with Crippen LogP contribution in [0.2, 0.25) is 0 Å². The molecule has 1 saturated heterocycles. The number of ether oxygens (including phenoxy) is 1. The number of hydrogen-bond acceptors (Lipinski definition) is 7. The molecule has 1 aromatic heterocycles. The first kappa shape index (κ1) is 33.0. The van der Waals surface area contributed by atoms with E-state index in [1.807, 2.05) is 10.8 Å². The lowest BCUT2D eigenvalue weighted by Gasteiger charge is -2.26. The molecule has 236 valence electrons. The number of benzene rings is 2. The van der Waals surface area contributed by atoms with Gasteiger partial charge in [-0.05, 0) is 54.3 Å². The summed E-state index contributed by atoms with van der Waals surface area (Å²) in [6.45, 7) is 0.0316. The summed E-state index contributed by atoms with van der Waals surface area (Å²) in [7, 11) is -3.81. The number of pyridine rings is 1. The molecular formula is C31H28F4N4O5S. The number of nitrogens with one attached hydrogen (secondary N) is 2. The Kier molecular flexibility index (Phi) is 10.1. The third-order valence-corrected chi connectivity index (χ3v) is 7.27. The number of carbonyl (C=O) groups excluding carboxylic acids is 2. The normalized spacial score (nSPS) is 15.1. The summed E-state index contributed by atoms with van der Waals surface area (Å²) in [5, 5.41) is 2.51. The van der Waals surface area contributed by atoms with Crippen LogP contribution in [0.15, 0.2) is 60.7 Å². The van der Waals surface area contributed by atoms with Crippen LogP contribution in [0.3, 0.4) is 0 Å². The maximum atomic E-state index is 14.6. The van der Waals surface area contributed by atoms with E-state index < -0.39 is 51.3 Å². The van der Waals surface area contributed by atoms with Crippen LogP contribution < -0.4 is 14.9 Å². The monoisotopic (exact) mass is 644 g/mol. The van der Waals surface area contributed by atoms with Gasteiger partial charge in [-0.3, -0.25) is 9.52 Å². The molecule has 9 nitrogen and oxygen atoms in total. The van der Waals surface area contributed by atoms with Crippen molar-refractivity contribution in [2.75, 3.05) is 22.4 Å². The number of terminal acetylenes is 1. The molecule has 0 unspecified atom stereocenters. The van der Waals surface area contributed by atoms with Crippen LogP contribution in [0.5, 0.6) is 0 Å². The van der Waals surface area contributed by atoms with Gasteiger partial charge in [0.05, 0.1) is 17.5 Å². The first-order valence-corrected chi connectivity index (χ1v) is 15.4. The van der Waals surface area contributed by atoms with E-state index in [0.29, 0.717) is 12.8 Å². The Morgan fingerprint density at radius 1 is 1.16 bits per heavy atom. The third-order valence-electron chi connectivity index (χ3n) is 6.69. The number of anilines is 2. The van der Waals surface area contributed by atoms with Crippen molar-refractivity contribution < 1.29 is 40.3 Å². The van der Waals surface area contributed by atoms with Gasteiger partial charge in [-0.2, -0.15) is 13.2 Å². The van der Waals surface area contributed by atoms with E-state index in [4.69, 9.17) is 11.2 Å². The van der Waals surface area contributed by atoms with Gasteiger partial charge in [0.15, 0.2) is 0 Å². The number of esters is 1. The number of hydrogen-bond donors (Lipinski definition) is 2. The zero-order valence-electron chi connectivity index (χ0n) is 23.9. The maximum absolute atomic E-state index is 14.6. The van der Waals surface area contributed by atoms with Gasteiger partial charge in [0.25, 0.3) is 0 Å². The third kappa shape index (κ3) is 8.82. The molecule has 0 spiro atoms. The number of amides is 1. The molecule has 1 amide bonds. The highest BCUT2D eigenvalue weighted by Gasteiger charge is 2.37. The quantitative estimate of drug-likeness (QED) is 0.143. The van der Waals surface area contributed by atoms with Crippen LogP contribution >= 0.6 is 0 Å². The summed E-state index contributed by atoms with van der Waals surface area (Å²) in [5.41, 5.74) is -0.515. The molecule has 2 heterocycles. The van der Waals surface area contributed by atoms with Crippen molar-refractivity contribution in [2.45, 2.75) is 38.2 Å². The first-order chi connectivity index (χ1) is 21.2. The fourth-order valence-corrected chi connectivity index (χ4v) is 5.23. The summed E-state index contributed by atoms with van der Waals surface area (Å²) in [6.07, 6.45) is 4.63. The summed E-state index contributed by atoms with van der Waals surface area (Å²) in [5.74, 6) is -0.181. The number of halogens is 4. The Hall–Kier alpha value is -4.90. The smallest absolute Gasteiger partial charge is 0.433 e. The summed E-state index contributed by atoms with van der Waals surface area (Å²) >= 11 is 0. The van der Waals surface area contributed by atoms with Gasteiger partial charge in [0.1, 0.15) is 30.0 Å². The molecule has 0 bridgehead atoms. The molecule has 0 aliphatic carbocycles. The van der Waals surface area contributed by atoms with E-state index in [-0.39, 0.29) is 42.2 Å². The van der Waals surface area contributed by atoms with E-state index in [2.05, 4.69) is 16.2 Å². The number of nitrogens with zero attached hydrogens (tertiary/aromatic N) is 2. The van der Waals surface area contributed by atoms with E-state index in [1.165, 1.54) is 17.0 Å². The lowest BCUT2D eigenvalue weighted by molar-refractivity contribution is -0.146. The average molecular weight is 645 g/mol. The van der Waals surface area contributed by atoms with Crippen molar-refractivity contribution in [3.63, 3.8) is 0 Å². The molecule has 1 fully saturated rings. The molecule has 0 radical (unpaired) electrons. The lowest BCUT2D eigenvalue weighted by atomic mass is 10.1. The zero-order valence-corrected chi connectivity index (χ0v) is 24.7. The van der Waals surface area contributed by atoms with Crippen LogP contribution in [0.1, 0.15) is 40.8 Å². The predicted molar refractivity (Wildman–Crippen MR) is 160 cm³/mol. The van der Waals surface area contributed by atoms with Gasteiger partial charge in [0.2, 0.25) is 15.9 Å². The molecule has 2 N–H and O–H groups in total. The number of rotatable bonds is 10. The zero-order chi connectivity index (χ0) is 32.8. The van der Waals surface area contributed by atoms with Crippen molar-refractivity contribution >= 4 is 39.5 Å². The molecule has 1 atom stereocenters. The Morgan fingerprint density at radius 2 is 1.89 bits per heavy atom. The average Bonchev–Trinajstić information content (AvgIpc) is 3.48. The second kappa shape index (κ2) is 13.8. The SMILES string of the molecule is C#Cc1cc(CNC(=O)/C=C/c2ccc(C(F)(F)F)nc2N2CCC[C@H]2C(=O)OCc2ccccc2)cc(F)c1NS(C)(=O)=O. The van der Waals surface area contributed by atoms with Crippen molar-refractivity contribution in [3.8, 4) is 12.3 Å². The highest BCUT2D eigenvalue weighted by atomic mass is 32.2. The highest BCUT2D eigenvalue weighted by molar-refractivity contribution is 7.92. The molecule has 45 heavy (non-hydrogen) atoms. The number of carbonyl (C=O) groups is 2. The topological polar surface area (TPSA) is 118 Å². The van der Waals surface area contributed by atoms with E-state index >= 15 is 0 Å². The highest BCUT2D eigenvalue weighted by Crippen LogP contribution is 2.34. The second-order valence-electron chi connectivity index (χ2n) is 10.1. The molecule has 1 aliphatic rings. The van der Waals surface area contributed by atoms with Gasteiger partial charge >= 0.3 is 12.1 Å². The minimum atomic E-state index is -4.75. The van der Waals surface area contributed by atoms with Crippen molar-refractivity contribution in [1.29, 1.82) is 0 Å². The summed E-state index contributed by atoms with van der Waals surface area (Å²) in [4.78, 5) is 30.8. The van der Waals surface area contributed by atoms with Gasteiger partial charge in [-0.25, -0.2) is 22.6 Å². The number of sulfonamides is 1. The van der Waals surface area contributed by atoms with Gasteiger partial charge in [-0.15, -0.1) is 6.42 Å². The Balaban J connectivity index is 1.51. The number of alkyl halides is 3. The van der Waals surface area contributed by atoms with E-state index in [1.54, 1.807) is 24.3 Å². The summed E-state index contributed by atoms with van der Waals surface area (Å²) in [6, 6.07) is 12.3. The fourth-order valence-electron chi connectivity index (χ4n) is 4.65. The minimum Gasteiger partial charge on any atom is -0.459 e. The second-order valence-corrected chi connectivity index (χ2v) is 11.9. The Bertz CT molecular complexity index is 1760. The van der Waals surface area contributed by atoms with Gasteiger partial charge < -0.3 is 15.0 Å². The van der Waals surface area contributed by atoms with E-state index in [0.717, 1.165) is 36.1 Å².